The second-order valence-electron chi connectivity index (χ2n) is 6.16. The molecular weight excluding hydrogens is 264 g/mol. The van der Waals surface area contributed by atoms with E-state index in [9.17, 15) is 5.11 Å². The van der Waals surface area contributed by atoms with Gasteiger partial charge >= 0.3 is 0 Å². The van der Waals surface area contributed by atoms with Gasteiger partial charge in [-0.15, -0.1) is 0 Å². The number of aromatic hydroxyl groups is 1. The minimum atomic E-state index is -0.137. The zero-order valence-corrected chi connectivity index (χ0v) is 13.4. The van der Waals surface area contributed by atoms with Crippen molar-refractivity contribution in [2.45, 2.75) is 13.0 Å². The van der Waals surface area contributed by atoms with Gasteiger partial charge < -0.3 is 20.6 Å². The third kappa shape index (κ3) is 4.33. The first kappa shape index (κ1) is 16.1. The first-order valence-electron chi connectivity index (χ1n) is 7.68. The molecule has 0 spiro atoms. The molecule has 21 heavy (non-hydrogen) atoms. The van der Waals surface area contributed by atoms with Crippen molar-refractivity contribution in [2.75, 3.05) is 58.3 Å². The summed E-state index contributed by atoms with van der Waals surface area (Å²) in [6.45, 7) is 8.26. The Morgan fingerprint density at radius 2 is 1.90 bits per heavy atom. The van der Waals surface area contributed by atoms with Gasteiger partial charge in [-0.25, -0.2) is 0 Å². The lowest BCUT2D eigenvalue weighted by molar-refractivity contribution is 0.229. The first-order chi connectivity index (χ1) is 9.97. The maximum atomic E-state index is 10.1. The number of benzene rings is 1. The Kier molecular flexibility index (Phi) is 5.45. The Balaban J connectivity index is 1.91. The number of piperazine rings is 1. The predicted octanol–water partition coefficient (Wildman–Crippen LogP) is 1.10. The van der Waals surface area contributed by atoms with E-state index in [1.54, 1.807) is 0 Å². The highest BCUT2D eigenvalue weighted by Crippen LogP contribution is 2.28. The average Bonchev–Trinajstić information content (AvgIpc) is 2.45. The van der Waals surface area contributed by atoms with E-state index in [0.29, 0.717) is 5.75 Å². The monoisotopic (exact) mass is 292 g/mol. The lowest BCUT2D eigenvalue weighted by atomic mass is 10.1. The standard InChI is InChI=1S/C16H28N4O/c1-13(17)15-5-4-14(12-16(15)21)20-10-8-19(9-11-20)7-6-18(2)3/h4-5,12-13,21H,6-11,17H2,1-3H3. The number of rotatable bonds is 5. The van der Waals surface area contributed by atoms with Crippen LogP contribution in [-0.2, 0) is 0 Å². The summed E-state index contributed by atoms with van der Waals surface area (Å²) in [5.41, 5.74) is 7.73. The lowest BCUT2D eigenvalue weighted by Gasteiger charge is -2.36. The predicted molar refractivity (Wildman–Crippen MR) is 87.9 cm³/mol. The molecule has 0 aliphatic carbocycles. The van der Waals surface area contributed by atoms with Crippen LogP contribution < -0.4 is 10.6 Å². The molecule has 0 aromatic heterocycles. The van der Waals surface area contributed by atoms with Crippen LogP contribution in [0.3, 0.4) is 0 Å². The molecule has 1 unspecified atom stereocenters. The van der Waals surface area contributed by atoms with Crippen LogP contribution in [0.25, 0.3) is 0 Å². The third-order valence-corrected chi connectivity index (χ3v) is 4.11. The fourth-order valence-corrected chi connectivity index (χ4v) is 2.68. The van der Waals surface area contributed by atoms with Gasteiger partial charge in [-0.2, -0.15) is 0 Å². The van der Waals surface area contributed by atoms with Crippen molar-refractivity contribution in [1.29, 1.82) is 0 Å². The number of likely N-dealkylation sites (N-methyl/N-ethyl adjacent to an activating group) is 1. The van der Waals surface area contributed by atoms with E-state index in [1.165, 1.54) is 0 Å². The normalized spacial score (nSPS) is 18.2. The maximum absolute atomic E-state index is 10.1. The van der Waals surface area contributed by atoms with Crippen LogP contribution in [0, 0.1) is 0 Å². The van der Waals surface area contributed by atoms with Crippen molar-refractivity contribution < 1.29 is 5.11 Å². The number of nitrogens with zero attached hydrogens (tertiary/aromatic N) is 3. The van der Waals surface area contributed by atoms with Crippen molar-refractivity contribution in [3.63, 3.8) is 0 Å². The van der Waals surface area contributed by atoms with Gasteiger partial charge in [-0.3, -0.25) is 4.90 Å². The topological polar surface area (TPSA) is 56.0 Å². The average molecular weight is 292 g/mol. The summed E-state index contributed by atoms with van der Waals surface area (Å²) in [5.74, 6) is 0.303. The van der Waals surface area contributed by atoms with Gasteiger partial charge in [0.2, 0.25) is 0 Å². The molecule has 1 aliphatic heterocycles. The molecule has 1 aromatic rings. The summed E-state index contributed by atoms with van der Waals surface area (Å²) in [7, 11) is 4.22. The highest BCUT2D eigenvalue weighted by Gasteiger charge is 2.18. The van der Waals surface area contributed by atoms with Crippen LogP contribution >= 0.6 is 0 Å². The molecule has 1 saturated heterocycles. The van der Waals surface area contributed by atoms with Crippen molar-refractivity contribution in [3.8, 4) is 5.75 Å². The quantitative estimate of drug-likeness (QED) is 0.851. The van der Waals surface area contributed by atoms with Crippen LogP contribution in [0.5, 0.6) is 5.75 Å². The van der Waals surface area contributed by atoms with Gasteiger partial charge in [0.05, 0.1) is 0 Å². The van der Waals surface area contributed by atoms with E-state index in [2.05, 4.69) is 34.9 Å². The van der Waals surface area contributed by atoms with Crippen LogP contribution in [-0.4, -0.2) is 68.3 Å². The zero-order chi connectivity index (χ0) is 15.4. The minimum absolute atomic E-state index is 0.137. The lowest BCUT2D eigenvalue weighted by Crippen LogP contribution is -2.48. The molecule has 0 amide bonds. The van der Waals surface area contributed by atoms with Gasteiger partial charge in [-0.05, 0) is 27.1 Å². The number of phenols is 1. The molecule has 1 aliphatic rings. The summed E-state index contributed by atoms with van der Waals surface area (Å²) < 4.78 is 0. The van der Waals surface area contributed by atoms with Gasteiger partial charge in [-0.1, -0.05) is 6.07 Å². The third-order valence-electron chi connectivity index (χ3n) is 4.11. The molecule has 1 fully saturated rings. The zero-order valence-electron chi connectivity index (χ0n) is 13.4. The van der Waals surface area contributed by atoms with Gasteiger partial charge in [0.25, 0.3) is 0 Å². The van der Waals surface area contributed by atoms with Crippen molar-refractivity contribution in [3.05, 3.63) is 23.8 Å². The van der Waals surface area contributed by atoms with Crippen molar-refractivity contribution in [2.24, 2.45) is 5.73 Å². The SMILES string of the molecule is CC(N)c1ccc(N2CCN(CCN(C)C)CC2)cc1O. The number of hydrogen-bond donors (Lipinski definition) is 2. The van der Waals surface area contributed by atoms with E-state index in [4.69, 9.17) is 5.73 Å². The van der Waals surface area contributed by atoms with Crippen LogP contribution in [0.1, 0.15) is 18.5 Å². The van der Waals surface area contributed by atoms with Crippen molar-refractivity contribution in [1.82, 2.24) is 9.80 Å². The molecule has 3 N–H and O–H groups in total. The van der Waals surface area contributed by atoms with Gasteiger partial charge in [0, 0.05) is 62.6 Å². The van der Waals surface area contributed by atoms with E-state index in [0.717, 1.165) is 50.5 Å². The maximum Gasteiger partial charge on any atom is 0.122 e. The Hall–Kier alpha value is -1.30. The Bertz CT molecular complexity index is 454. The number of anilines is 1. The molecule has 2 rings (SSSR count). The molecule has 1 atom stereocenters. The van der Waals surface area contributed by atoms with Gasteiger partial charge in [0.1, 0.15) is 5.75 Å². The second kappa shape index (κ2) is 7.11. The van der Waals surface area contributed by atoms with Crippen LogP contribution in [0.4, 0.5) is 5.69 Å². The summed E-state index contributed by atoms with van der Waals surface area (Å²) in [5, 5.41) is 10.1. The molecule has 1 heterocycles. The Morgan fingerprint density at radius 1 is 1.24 bits per heavy atom. The summed E-state index contributed by atoms with van der Waals surface area (Å²) in [6, 6.07) is 5.71. The number of phenolic OH excluding ortho intramolecular Hbond substituents is 1. The molecule has 118 valence electrons. The molecule has 5 nitrogen and oxygen atoms in total. The Labute approximate surface area is 127 Å². The molecular formula is C16H28N4O. The summed E-state index contributed by atoms with van der Waals surface area (Å²) in [4.78, 5) is 7.04. The molecule has 5 heteroatoms. The summed E-state index contributed by atoms with van der Waals surface area (Å²) in [6.07, 6.45) is 0. The van der Waals surface area contributed by atoms with E-state index < -0.39 is 0 Å². The van der Waals surface area contributed by atoms with E-state index >= 15 is 0 Å². The van der Waals surface area contributed by atoms with Crippen LogP contribution in [0.15, 0.2) is 18.2 Å². The molecule has 0 saturated carbocycles. The fraction of sp³-hybridized carbons (Fsp3) is 0.625. The van der Waals surface area contributed by atoms with Gasteiger partial charge in [0.15, 0.2) is 0 Å². The highest BCUT2D eigenvalue weighted by molar-refractivity contribution is 5.54. The largest absolute Gasteiger partial charge is 0.508 e. The summed E-state index contributed by atoms with van der Waals surface area (Å²) >= 11 is 0. The van der Waals surface area contributed by atoms with Crippen molar-refractivity contribution >= 4 is 5.69 Å². The van der Waals surface area contributed by atoms with E-state index in [1.807, 2.05) is 19.1 Å². The smallest absolute Gasteiger partial charge is 0.122 e. The van der Waals surface area contributed by atoms with Crippen LogP contribution in [0.2, 0.25) is 0 Å². The highest BCUT2D eigenvalue weighted by atomic mass is 16.3. The van der Waals surface area contributed by atoms with E-state index in [-0.39, 0.29) is 6.04 Å². The number of hydrogen-bond acceptors (Lipinski definition) is 5. The fourth-order valence-electron chi connectivity index (χ4n) is 2.68. The second-order valence-corrected chi connectivity index (χ2v) is 6.16. The molecule has 0 radical (unpaired) electrons. The molecule has 1 aromatic carbocycles. The minimum Gasteiger partial charge on any atom is -0.508 e. The number of nitrogens with two attached hydrogens (primary N) is 1. The first-order valence-corrected chi connectivity index (χ1v) is 7.68. The Morgan fingerprint density at radius 3 is 2.43 bits per heavy atom. The molecule has 0 bridgehead atoms.